The predicted molar refractivity (Wildman–Crippen MR) is 96.5 cm³/mol. The molecule has 3 aromatic heterocycles. The molecular formula is C18H23N7O. The minimum absolute atomic E-state index is 0.0266. The minimum Gasteiger partial charge on any atom is -0.329 e. The number of carbonyl (C=O) groups excluding carboxylic acids is 1. The third-order valence-corrected chi connectivity index (χ3v) is 4.94. The first-order chi connectivity index (χ1) is 12.4. The molecule has 0 spiro atoms. The molecule has 4 rings (SSSR count). The second-order valence-electron chi connectivity index (χ2n) is 7.40. The van der Waals surface area contributed by atoms with Crippen LogP contribution < -0.4 is 0 Å². The molecule has 3 aromatic rings. The molecule has 1 amide bonds. The summed E-state index contributed by atoms with van der Waals surface area (Å²) >= 11 is 0. The highest BCUT2D eigenvalue weighted by atomic mass is 16.2. The molecule has 136 valence electrons. The van der Waals surface area contributed by atoms with Crippen LogP contribution in [0.3, 0.4) is 0 Å². The molecule has 8 nitrogen and oxygen atoms in total. The van der Waals surface area contributed by atoms with Crippen LogP contribution in [0.25, 0.3) is 11.0 Å². The predicted octanol–water partition coefficient (Wildman–Crippen LogP) is 2.11. The molecular weight excluding hydrogens is 330 g/mol. The summed E-state index contributed by atoms with van der Waals surface area (Å²) in [5.74, 6) is 2.26. The van der Waals surface area contributed by atoms with Gasteiger partial charge in [-0.3, -0.25) is 14.5 Å². The lowest BCUT2D eigenvalue weighted by Gasteiger charge is -2.35. The van der Waals surface area contributed by atoms with E-state index in [1.165, 1.54) is 0 Å². The van der Waals surface area contributed by atoms with E-state index in [2.05, 4.69) is 38.7 Å². The van der Waals surface area contributed by atoms with E-state index in [-0.39, 0.29) is 11.9 Å². The number of nitrogens with zero attached hydrogens (tertiary/aromatic N) is 7. The van der Waals surface area contributed by atoms with E-state index in [0.29, 0.717) is 24.6 Å². The van der Waals surface area contributed by atoms with Crippen molar-refractivity contribution in [3.8, 4) is 0 Å². The summed E-state index contributed by atoms with van der Waals surface area (Å²) in [4.78, 5) is 19.3. The number of carbonyl (C=O) groups is 1. The molecule has 0 radical (unpaired) electrons. The van der Waals surface area contributed by atoms with Crippen LogP contribution in [0.15, 0.2) is 18.5 Å². The molecule has 0 N–H and O–H groups in total. The monoisotopic (exact) mass is 353 g/mol. The van der Waals surface area contributed by atoms with E-state index in [1.807, 2.05) is 24.9 Å². The van der Waals surface area contributed by atoms with Crippen molar-refractivity contribution in [3.05, 3.63) is 35.7 Å². The van der Waals surface area contributed by atoms with Gasteiger partial charge < -0.3 is 9.47 Å². The van der Waals surface area contributed by atoms with Gasteiger partial charge in [-0.25, -0.2) is 0 Å². The number of amides is 1. The smallest absolute Gasteiger partial charge is 0.255 e. The maximum Gasteiger partial charge on any atom is 0.255 e. The second-order valence-corrected chi connectivity index (χ2v) is 7.40. The number of fused-ring (bicyclic) bond motifs is 2. The lowest BCUT2D eigenvalue weighted by atomic mass is 10.0. The molecule has 0 bridgehead atoms. The standard InChI is InChI=1S/C18H23N7O/c1-11(2)5-14-9-24(10-17-22-21-12(3)25(14)17)18(26)13-6-16-15(19-7-13)8-20-23(16)4/h6-8,11,14H,5,9-10H2,1-4H3/t14-/m0/s1. The van der Waals surface area contributed by atoms with E-state index >= 15 is 0 Å². The van der Waals surface area contributed by atoms with E-state index in [1.54, 1.807) is 17.1 Å². The van der Waals surface area contributed by atoms with Crippen LogP contribution >= 0.6 is 0 Å². The van der Waals surface area contributed by atoms with Gasteiger partial charge in [0.05, 0.1) is 29.9 Å². The normalized spacial score (nSPS) is 17.1. The summed E-state index contributed by atoms with van der Waals surface area (Å²) in [6.07, 6.45) is 4.32. The van der Waals surface area contributed by atoms with Gasteiger partial charge in [0.2, 0.25) is 0 Å². The Morgan fingerprint density at radius 2 is 2.12 bits per heavy atom. The van der Waals surface area contributed by atoms with Gasteiger partial charge in [0.25, 0.3) is 5.91 Å². The highest BCUT2D eigenvalue weighted by molar-refractivity contribution is 5.96. The van der Waals surface area contributed by atoms with Crippen LogP contribution in [-0.2, 0) is 13.6 Å². The summed E-state index contributed by atoms with van der Waals surface area (Å²) in [6, 6.07) is 2.06. The van der Waals surface area contributed by atoms with Crippen molar-refractivity contribution in [1.82, 2.24) is 34.4 Å². The highest BCUT2D eigenvalue weighted by Gasteiger charge is 2.31. The Labute approximate surface area is 151 Å². The average Bonchev–Trinajstić information content (AvgIpc) is 3.17. The van der Waals surface area contributed by atoms with E-state index in [4.69, 9.17) is 0 Å². The first-order valence-corrected chi connectivity index (χ1v) is 8.91. The summed E-state index contributed by atoms with van der Waals surface area (Å²) in [5.41, 5.74) is 2.22. The maximum absolute atomic E-state index is 13.1. The van der Waals surface area contributed by atoms with Gasteiger partial charge >= 0.3 is 0 Å². The molecule has 1 aliphatic rings. The van der Waals surface area contributed by atoms with Gasteiger partial charge in [-0.05, 0) is 25.3 Å². The zero-order chi connectivity index (χ0) is 18.4. The third-order valence-electron chi connectivity index (χ3n) is 4.94. The fourth-order valence-electron chi connectivity index (χ4n) is 3.77. The Morgan fingerprint density at radius 3 is 2.88 bits per heavy atom. The zero-order valence-corrected chi connectivity index (χ0v) is 15.5. The van der Waals surface area contributed by atoms with Gasteiger partial charge in [-0.2, -0.15) is 5.10 Å². The van der Waals surface area contributed by atoms with Crippen molar-refractivity contribution in [2.24, 2.45) is 13.0 Å². The van der Waals surface area contributed by atoms with Crippen LogP contribution in [0, 0.1) is 12.8 Å². The number of aryl methyl sites for hydroxylation is 2. The summed E-state index contributed by atoms with van der Waals surface area (Å²) in [5, 5.41) is 12.7. The topological polar surface area (TPSA) is 81.7 Å². The SMILES string of the molecule is Cc1nnc2n1[C@@H](CC(C)C)CN(C(=O)c1cnc3cnn(C)c3c1)C2. The highest BCUT2D eigenvalue weighted by Crippen LogP contribution is 2.28. The van der Waals surface area contributed by atoms with Gasteiger partial charge in [-0.1, -0.05) is 13.8 Å². The first-order valence-electron chi connectivity index (χ1n) is 8.91. The zero-order valence-electron chi connectivity index (χ0n) is 15.5. The molecule has 1 aliphatic heterocycles. The summed E-state index contributed by atoms with van der Waals surface area (Å²) in [6.45, 7) is 7.49. The van der Waals surface area contributed by atoms with Crippen molar-refractivity contribution >= 4 is 16.9 Å². The molecule has 8 heteroatoms. The number of hydrogen-bond acceptors (Lipinski definition) is 5. The van der Waals surface area contributed by atoms with Crippen molar-refractivity contribution in [1.29, 1.82) is 0 Å². The molecule has 0 saturated heterocycles. The van der Waals surface area contributed by atoms with E-state index in [9.17, 15) is 4.79 Å². The molecule has 0 saturated carbocycles. The summed E-state index contributed by atoms with van der Waals surface area (Å²) < 4.78 is 3.92. The van der Waals surface area contributed by atoms with Gasteiger partial charge in [0.15, 0.2) is 5.82 Å². The first kappa shape index (κ1) is 16.7. The molecule has 0 fully saturated rings. The lowest BCUT2D eigenvalue weighted by Crippen LogP contribution is -2.42. The quantitative estimate of drug-likeness (QED) is 0.720. The lowest BCUT2D eigenvalue weighted by molar-refractivity contribution is 0.0660. The van der Waals surface area contributed by atoms with Crippen molar-refractivity contribution < 1.29 is 4.79 Å². The third kappa shape index (κ3) is 2.75. The summed E-state index contributed by atoms with van der Waals surface area (Å²) in [7, 11) is 1.85. The Bertz CT molecular complexity index is 971. The molecule has 26 heavy (non-hydrogen) atoms. The van der Waals surface area contributed by atoms with Crippen molar-refractivity contribution in [2.45, 2.75) is 39.8 Å². The number of aromatic nitrogens is 6. The van der Waals surface area contributed by atoms with Gasteiger partial charge in [-0.15, -0.1) is 10.2 Å². The fraction of sp³-hybridized carbons (Fsp3) is 0.500. The average molecular weight is 353 g/mol. The largest absolute Gasteiger partial charge is 0.329 e. The molecule has 4 heterocycles. The maximum atomic E-state index is 13.1. The fourth-order valence-corrected chi connectivity index (χ4v) is 3.77. The van der Waals surface area contributed by atoms with Gasteiger partial charge in [0.1, 0.15) is 11.3 Å². The molecule has 0 aliphatic carbocycles. The van der Waals surface area contributed by atoms with Crippen LogP contribution in [0.5, 0.6) is 0 Å². The Hall–Kier alpha value is -2.77. The molecule has 1 atom stereocenters. The van der Waals surface area contributed by atoms with Crippen LogP contribution in [0.2, 0.25) is 0 Å². The number of pyridine rings is 1. The minimum atomic E-state index is -0.0266. The second kappa shape index (κ2) is 6.19. The van der Waals surface area contributed by atoms with Gasteiger partial charge in [0, 0.05) is 19.8 Å². The van der Waals surface area contributed by atoms with Crippen molar-refractivity contribution in [2.75, 3.05) is 6.54 Å². The number of rotatable bonds is 3. The van der Waals surface area contributed by atoms with Crippen LogP contribution in [-0.4, -0.2) is 46.9 Å². The molecule has 0 aromatic carbocycles. The van der Waals surface area contributed by atoms with Crippen LogP contribution in [0.1, 0.15) is 48.3 Å². The van der Waals surface area contributed by atoms with E-state index in [0.717, 1.165) is 29.1 Å². The van der Waals surface area contributed by atoms with Crippen LogP contribution in [0.4, 0.5) is 0 Å². The number of hydrogen-bond donors (Lipinski definition) is 0. The Kier molecular flexibility index (Phi) is 3.97. The van der Waals surface area contributed by atoms with E-state index < -0.39 is 0 Å². The Balaban J connectivity index is 1.66. The Morgan fingerprint density at radius 1 is 1.31 bits per heavy atom. The van der Waals surface area contributed by atoms with Crippen molar-refractivity contribution in [3.63, 3.8) is 0 Å². The molecule has 0 unspecified atom stereocenters.